The fourth-order valence-corrected chi connectivity index (χ4v) is 2.26. The Morgan fingerprint density at radius 3 is 2.57 bits per heavy atom. The van der Waals surface area contributed by atoms with Gasteiger partial charge in [0.1, 0.15) is 22.8 Å². The van der Waals surface area contributed by atoms with Crippen LogP contribution in [0.1, 0.15) is 11.4 Å². The van der Waals surface area contributed by atoms with Crippen molar-refractivity contribution in [2.75, 3.05) is 0 Å². The van der Waals surface area contributed by atoms with E-state index in [2.05, 4.69) is 15.0 Å². The van der Waals surface area contributed by atoms with Gasteiger partial charge in [-0.05, 0) is 26.0 Å². The summed E-state index contributed by atoms with van der Waals surface area (Å²) in [5, 5.41) is -0.252. The monoisotopic (exact) mass is 287 g/mol. The second-order valence-corrected chi connectivity index (χ2v) is 4.78. The van der Waals surface area contributed by atoms with Gasteiger partial charge in [0.05, 0.1) is 5.52 Å². The number of pyridine rings is 1. The zero-order chi connectivity index (χ0) is 15.1. The molecule has 0 spiro atoms. The minimum absolute atomic E-state index is 0.0220. The number of nitrogens with zero attached hydrogens (tertiary/aromatic N) is 2. The molecule has 3 aromatic rings. The number of aromatic nitrogens is 3. The largest absolute Gasteiger partial charge is 0.306 e. The van der Waals surface area contributed by atoms with E-state index < -0.39 is 17.2 Å². The second kappa shape index (κ2) is 4.73. The first kappa shape index (κ1) is 13.4. The molecule has 6 heteroatoms. The van der Waals surface area contributed by atoms with E-state index in [1.54, 1.807) is 19.1 Å². The van der Waals surface area contributed by atoms with Crippen molar-refractivity contribution < 1.29 is 8.78 Å². The van der Waals surface area contributed by atoms with Crippen LogP contribution in [0.25, 0.3) is 22.3 Å². The first-order valence-electron chi connectivity index (χ1n) is 6.29. The molecular weight excluding hydrogens is 276 g/mol. The number of aryl methyl sites for hydroxylation is 2. The van der Waals surface area contributed by atoms with Crippen molar-refractivity contribution in [2.45, 2.75) is 13.8 Å². The number of benzene rings is 1. The van der Waals surface area contributed by atoms with Gasteiger partial charge in [-0.2, -0.15) is 0 Å². The molecule has 0 aliphatic rings. The highest BCUT2D eigenvalue weighted by atomic mass is 19.1. The molecule has 0 atom stereocenters. The van der Waals surface area contributed by atoms with Gasteiger partial charge in [0.2, 0.25) is 0 Å². The predicted octanol–water partition coefficient (Wildman–Crippen LogP) is 2.88. The molecule has 0 unspecified atom stereocenters. The SMILES string of the molecule is Cc1ccc(-c2nc3cc(F)cc(F)c3c(=O)[nH]2)c(C)n1. The van der Waals surface area contributed by atoms with Crippen molar-refractivity contribution in [1.29, 1.82) is 0 Å². The fourth-order valence-electron chi connectivity index (χ4n) is 2.26. The Morgan fingerprint density at radius 1 is 1.10 bits per heavy atom. The molecule has 1 N–H and O–H groups in total. The molecule has 0 radical (unpaired) electrons. The molecule has 1 aromatic carbocycles. The summed E-state index contributed by atoms with van der Waals surface area (Å²) < 4.78 is 27.0. The van der Waals surface area contributed by atoms with Crippen molar-refractivity contribution in [3.05, 3.63) is 57.6 Å². The zero-order valence-electron chi connectivity index (χ0n) is 11.4. The van der Waals surface area contributed by atoms with Gasteiger partial charge in [-0.3, -0.25) is 9.78 Å². The number of nitrogens with one attached hydrogen (secondary N) is 1. The van der Waals surface area contributed by atoms with E-state index >= 15 is 0 Å². The van der Waals surface area contributed by atoms with E-state index in [1.807, 2.05) is 6.92 Å². The molecule has 0 amide bonds. The molecule has 2 aromatic heterocycles. The van der Waals surface area contributed by atoms with Crippen LogP contribution in [-0.2, 0) is 0 Å². The Kier molecular flexibility index (Phi) is 3.01. The minimum Gasteiger partial charge on any atom is -0.306 e. The molecule has 3 rings (SSSR count). The second-order valence-electron chi connectivity index (χ2n) is 4.78. The number of halogens is 2. The van der Waals surface area contributed by atoms with Crippen LogP contribution < -0.4 is 5.56 Å². The first-order chi connectivity index (χ1) is 9.95. The van der Waals surface area contributed by atoms with Gasteiger partial charge in [0, 0.05) is 29.1 Å². The van der Waals surface area contributed by atoms with Gasteiger partial charge in [-0.15, -0.1) is 0 Å². The maximum atomic E-state index is 13.7. The minimum atomic E-state index is -0.927. The molecule has 0 aliphatic carbocycles. The summed E-state index contributed by atoms with van der Waals surface area (Å²) in [6.07, 6.45) is 0. The third-order valence-electron chi connectivity index (χ3n) is 3.21. The lowest BCUT2D eigenvalue weighted by atomic mass is 10.1. The molecule has 0 saturated carbocycles. The Hall–Kier alpha value is -2.63. The Labute approximate surface area is 118 Å². The van der Waals surface area contributed by atoms with Crippen molar-refractivity contribution in [1.82, 2.24) is 15.0 Å². The average molecular weight is 287 g/mol. The van der Waals surface area contributed by atoms with Gasteiger partial charge in [-0.25, -0.2) is 13.8 Å². The first-order valence-corrected chi connectivity index (χ1v) is 6.29. The Morgan fingerprint density at radius 2 is 1.86 bits per heavy atom. The van der Waals surface area contributed by atoms with Crippen LogP contribution in [0.15, 0.2) is 29.1 Å². The summed E-state index contributed by atoms with van der Waals surface area (Å²) >= 11 is 0. The maximum Gasteiger partial charge on any atom is 0.262 e. The molecular formula is C15H11F2N3O. The highest BCUT2D eigenvalue weighted by Crippen LogP contribution is 2.21. The van der Waals surface area contributed by atoms with Crippen LogP contribution in [0.3, 0.4) is 0 Å². The van der Waals surface area contributed by atoms with Crippen molar-refractivity contribution in [3.63, 3.8) is 0 Å². The van der Waals surface area contributed by atoms with E-state index in [0.29, 0.717) is 17.3 Å². The molecule has 0 aliphatic heterocycles. The molecule has 21 heavy (non-hydrogen) atoms. The van der Waals surface area contributed by atoms with Gasteiger partial charge < -0.3 is 4.98 Å². The van der Waals surface area contributed by atoms with Crippen molar-refractivity contribution in [2.24, 2.45) is 0 Å². The van der Waals surface area contributed by atoms with E-state index in [4.69, 9.17) is 0 Å². The van der Waals surface area contributed by atoms with Crippen molar-refractivity contribution >= 4 is 10.9 Å². The zero-order valence-corrected chi connectivity index (χ0v) is 11.4. The molecule has 0 bridgehead atoms. The van der Waals surface area contributed by atoms with Crippen LogP contribution in [0.2, 0.25) is 0 Å². The van der Waals surface area contributed by atoms with Gasteiger partial charge >= 0.3 is 0 Å². The van der Waals surface area contributed by atoms with Crippen LogP contribution in [0.4, 0.5) is 8.78 Å². The molecule has 0 fully saturated rings. The summed E-state index contributed by atoms with van der Waals surface area (Å²) in [5.41, 5.74) is 1.45. The van der Waals surface area contributed by atoms with Crippen LogP contribution in [-0.4, -0.2) is 15.0 Å². The lowest BCUT2D eigenvalue weighted by Crippen LogP contribution is -2.12. The maximum absolute atomic E-state index is 13.7. The van der Waals surface area contributed by atoms with Gasteiger partial charge in [0.15, 0.2) is 0 Å². The van der Waals surface area contributed by atoms with E-state index in [1.165, 1.54) is 0 Å². The van der Waals surface area contributed by atoms with E-state index in [9.17, 15) is 13.6 Å². The highest BCUT2D eigenvalue weighted by Gasteiger charge is 2.13. The van der Waals surface area contributed by atoms with E-state index in [-0.39, 0.29) is 16.7 Å². The molecule has 0 saturated heterocycles. The summed E-state index contributed by atoms with van der Waals surface area (Å²) in [6, 6.07) is 5.24. The topological polar surface area (TPSA) is 58.6 Å². The number of hydrogen-bond donors (Lipinski definition) is 1. The molecule has 106 valence electrons. The fraction of sp³-hybridized carbons (Fsp3) is 0.133. The van der Waals surface area contributed by atoms with Crippen LogP contribution in [0.5, 0.6) is 0 Å². The summed E-state index contributed by atoms with van der Waals surface area (Å²) in [6.45, 7) is 3.62. The normalized spacial score (nSPS) is 11.0. The lowest BCUT2D eigenvalue weighted by molar-refractivity contribution is 0.591. The number of aromatic amines is 1. The van der Waals surface area contributed by atoms with Crippen LogP contribution >= 0.6 is 0 Å². The smallest absolute Gasteiger partial charge is 0.262 e. The molecule has 4 nitrogen and oxygen atoms in total. The van der Waals surface area contributed by atoms with Gasteiger partial charge in [-0.1, -0.05) is 0 Å². The number of hydrogen-bond acceptors (Lipinski definition) is 3. The Bertz CT molecular complexity index is 919. The lowest BCUT2D eigenvalue weighted by Gasteiger charge is -2.07. The molecule has 2 heterocycles. The van der Waals surface area contributed by atoms with Crippen LogP contribution in [0, 0.1) is 25.5 Å². The number of rotatable bonds is 1. The average Bonchev–Trinajstić information content (AvgIpc) is 2.36. The van der Waals surface area contributed by atoms with E-state index in [0.717, 1.165) is 11.8 Å². The third-order valence-corrected chi connectivity index (χ3v) is 3.21. The summed E-state index contributed by atoms with van der Waals surface area (Å²) in [5.74, 6) is -1.46. The standard InChI is InChI=1S/C15H11F2N3O/c1-7-3-4-10(8(2)18-7)14-19-12-6-9(16)5-11(17)13(12)15(21)20-14/h3-6H,1-2H3,(H,19,20,21). The van der Waals surface area contributed by atoms with Crippen molar-refractivity contribution in [3.8, 4) is 11.4 Å². The third kappa shape index (κ3) is 2.29. The quantitative estimate of drug-likeness (QED) is 0.748. The van der Waals surface area contributed by atoms with Gasteiger partial charge in [0.25, 0.3) is 5.56 Å². The number of fused-ring (bicyclic) bond motifs is 1. The summed E-state index contributed by atoms with van der Waals surface area (Å²) in [7, 11) is 0. The highest BCUT2D eigenvalue weighted by molar-refractivity contribution is 5.80. The number of H-pyrrole nitrogens is 1. The Balaban J connectivity index is 2.32. The predicted molar refractivity (Wildman–Crippen MR) is 75.0 cm³/mol. The summed E-state index contributed by atoms with van der Waals surface area (Å²) in [4.78, 5) is 23.0.